The average molecular weight is 680 g/mol. The van der Waals surface area contributed by atoms with Crippen LogP contribution in [0, 0.1) is 17.5 Å². The summed E-state index contributed by atoms with van der Waals surface area (Å²) in [7, 11) is 0. The van der Waals surface area contributed by atoms with Gasteiger partial charge in [0.25, 0.3) is 5.88 Å². The van der Waals surface area contributed by atoms with Gasteiger partial charge in [-0.25, -0.2) is 27.9 Å². The van der Waals surface area contributed by atoms with E-state index in [1.54, 1.807) is 13.0 Å². The molecule has 2 aromatic heterocycles. The highest BCUT2D eigenvalue weighted by Crippen LogP contribution is 2.41. The van der Waals surface area contributed by atoms with Crippen molar-refractivity contribution in [3.05, 3.63) is 99.1 Å². The summed E-state index contributed by atoms with van der Waals surface area (Å²) in [5, 5.41) is 10.00. The fourth-order valence-electron chi connectivity index (χ4n) is 6.01. The number of rotatable bonds is 11. The first-order valence-corrected chi connectivity index (χ1v) is 15.8. The summed E-state index contributed by atoms with van der Waals surface area (Å²) in [6.07, 6.45) is 1.22. The van der Waals surface area contributed by atoms with Crippen LogP contribution in [0.15, 0.2) is 48.5 Å². The molecule has 0 spiro atoms. The van der Waals surface area contributed by atoms with E-state index in [2.05, 4.69) is 4.98 Å². The van der Waals surface area contributed by atoms with E-state index >= 15 is 4.39 Å². The van der Waals surface area contributed by atoms with Crippen LogP contribution in [0.3, 0.4) is 0 Å². The van der Waals surface area contributed by atoms with E-state index in [1.165, 1.54) is 30.3 Å². The molecule has 5 aromatic rings. The van der Waals surface area contributed by atoms with Gasteiger partial charge in [-0.15, -0.1) is 0 Å². The van der Waals surface area contributed by atoms with Crippen molar-refractivity contribution in [3.63, 3.8) is 0 Å². The zero-order chi connectivity index (χ0) is 33.5. The number of fused-ring (bicyclic) bond motifs is 2. The van der Waals surface area contributed by atoms with Gasteiger partial charge in [0.15, 0.2) is 5.82 Å². The van der Waals surface area contributed by atoms with Crippen LogP contribution in [0.5, 0.6) is 17.4 Å². The second kappa shape index (κ2) is 13.0. The molecule has 7 rings (SSSR count). The Labute approximate surface area is 277 Å². The SMILES string of the molecule is CCOc1cc(C(=O)O)cc2c1nc(Cc1c(F)cc(-c3ccc(F)c(OCc4ccc(Cl)cc4F)n3)c3c1CCO3)n2C[C@@H]1CCO1. The van der Waals surface area contributed by atoms with Gasteiger partial charge < -0.3 is 28.6 Å². The third-order valence-corrected chi connectivity index (χ3v) is 8.70. The molecule has 9 nitrogen and oxygen atoms in total. The molecule has 0 bridgehead atoms. The van der Waals surface area contributed by atoms with Gasteiger partial charge in [-0.3, -0.25) is 0 Å². The Morgan fingerprint density at radius 3 is 2.60 bits per heavy atom. The molecular formula is C35H29ClF3N3O6. The molecule has 3 aromatic carbocycles. The number of ether oxygens (including phenoxy) is 4. The lowest BCUT2D eigenvalue weighted by atomic mass is 9.96. The Bertz CT molecular complexity index is 2070. The fourth-order valence-corrected chi connectivity index (χ4v) is 6.16. The Hall–Kier alpha value is -4.81. The molecule has 248 valence electrons. The Morgan fingerprint density at radius 1 is 1.04 bits per heavy atom. The summed E-state index contributed by atoms with van der Waals surface area (Å²) in [6.45, 7) is 3.12. The molecular weight excluding hydrogens is 651 g/mol. The Kier molecular flexibility index (Phi) is 8.61. The number of benzene rings is 3. The number of nitrogens with zero attached hydrogens (tertiary/aromatic N) is 3. The molecule has 2 aliphatic rings. The lowest BCUT2D eigenvalue weighted by Crippen LogP contribution is -2.31. The molecule has 48 heavy (non-hydrogen) atoms. The standard InChI is InChI=1S/C35H29ClF3N3O6/c1-2-45-30-12-19(35(43)44)11-29-32(30)41-31(42(29)16-21-7-9-46-21)15-23-22-8-10-47-33(22)24(14-27(23)39)28-6-5-25(37)34(40-28)48-17-18-3-4-20(36)13-26(18)38/h3-6,11-14,21H,2,7-10,15-17H2,1H3,(H,43,44)/t21-/m0/s1. The number of hydrogen-bond acceptors (Lipinski definition) is 7. The number of hydrogen-bond donors (Lipinski definition) is 1. The molecule has 13 heteroatoms. The maximum atomic E-state index is 16.2. The van der Waals surface area contributed by atoms with Crippen LogP contribution in [0.25, 0.3) is 22.3 Å². The normalized spacial score (nSPS) is 15.2. The maximum absolute atomic E-state index is 16.2. The molecule has 1 atom stereocenters. The van der Waals surface area contributed by atoms with Crippen molar-refractivity contribution in [2.24, 2.45) is 0 Å². The summed E-state index contributed by atoms with van der Waals surface area (Å²) in [4.78, 5) is 21.1. The van der Waals surface area contributed by atoms with Crippen molar-refractivity contribution >= 4 is 28.6 Å². The quantitative estimate of drug-likeness (QED) is 0.157. The topological polar surface area (TPSA) is 105 Å². The third-order valence-electron chi connectivity index (χ3n) is 8.47. The van der Waals surface area contributed by atoms with E-state index in [4.69, 9.17) is 35.5 Å². The monoisotopic (exact) mass is 679 g/mol. The number of halogens is 4. The van der Waals surface area contributed by atoms with Gasteiger partial charge in [-0.2, -0.15) is 0 Å². The number of pyridine rings is 1. The van der Waals surface area contributed by atoms with Crippen LogP contribution in [-0.4, -0.2) is 51.5 Å². The van der Waals surface area contributed by atoms with Crippen molar-refractivity contribution in [1.29, 1.82) is 0 Å². The maximum Gasteiger partial charge on any atom is 0.335 e. The van der Waals surface area contributed by atoms with Crippen LogP contribution in [0.1, 0.15) is 46.2 Å². The third kappa shape index (κ3) is 6.01. The van der Waals surface area contributed by atoms with Gasteiger partial charge in [0.05, 0.1) is 42.6 Å². The number of carboxylic acids is 1. The number of carboxylic acid groups (broad SMARTS) is 1. The van der Waals surface area contributed by atoms with E-state index in [0.717, 1.165) is 18.6 Å². The minimum absolute atomic E-state index is 0.0476. The van der Waals surface area contributed by atoms with Crippen LogP contribution in [-0.2, 0) is 30.7 Å². The summed E-state index contributed by atoms with van der Waals surface area (Å²) < 4.78 is 70.1. The first-order chi connectivity index (χ1) is 23.2. The Balaban J connectivity index is 1.26. The highest BCUT2D eigenvalue weighted by Gasteiger charge is 2.29. The minimum Gasteiger partial charge on any atom is -0.492 e. The highest BCUT2D eigenvalue weighted by molar-refractivity contribution is 6.30. The molecule has 2 aliphatic heterocycles. The van der Waals surface area contributed by atoms with E-state index in [1.807, 2.05) is 4.57 Å². The summed E-state index contributed by atoms with van der Waals surface area (Å²) in [5.41, 5.74) is 2.75. The zero-order valence-corrected chi connectivity index (χ0v) is 26.5. The Morgan fingerprint density at radius 2 is 1.88 bits per heavy atom. The van der Waals surface area contributed by atoms with Crippen molar-refractivity contribution in [3.8, 4) is 28.6 Å². The van der Waals surface area contributed by atoms with Gasteiger partial charge >= 0.3 is 5.97 Å². The van der Waals surface area contributed by atoms with E-state index in [-0.39, 0.29) is 46.9 Å². The van der Waals surface area contributed by atoms with Crippen molar-refractivity contribution in [2.75, 3.05) is 19.8 Å². The molecule has 0 radical (unpaired) electrons. The van der Waals surface area contributed by atoms with Gasteiger partial charge in [0.1, 0.15) is 41.1 Å². The molecule has 0 saturated carbocycles. The summed E-state index contributed by atoms with van der Waals surface area (Å²) in [5.74, 6) is -2.16. The molecule has 1 saturated heterocycles. The number of imidazole rings is 1. The largest absolute Gasteiger partial charge is 0.492 e. The molecule has 4 heterocycles. The predicted molar refractivity (Wildman–Crippen MR) is 170 cm³/mol. The van der Waals surface area contributed by atoms with E-state index < -0.39 is 23.4 Å². The van der Waals surface area contributed by atoms with Crippen molar-refractivity contribution < 1.29 is 42.0 Å². The first kappa shape index (κ1) is 31.8. The average Bonchev–Trinajstić information content (AvgIpc) is 3.66. The second-order valence-corrected chi connectivity index (χ2v) is 11.9. The van der Waals surface area contributed by atoms with E-state index in [9.17, 15) is 18.7 Å². The second-order valence-electron chi connectivity index (χ2n) is 11.5. The van der Waals surface area contributed by atoms with Gasteiger partial charge in [0.2, 0.25) is 0 Å². The molecule has 0 amide bonds. The number of aromatic carboxylic acids is 1. The van der Waals surface area contributed by atoms with Gasteiger partial charge in [0, 0.05) is 46.7 Å². The van der Waals surface area contributed by atoms with Crippen LogP contribution in [0.4, 0.5) is 13.2 Å². The smallest absolute Gasteiger partial charge is 0.335 e. The molecule has 0 aliphatic carbocycles. The van der Waals surface area contributed by atoms with Crippen molar-refractivity contribution in [1.82, 2.24) is 14.5 Å². The lowest BCUT2D eigenvalue weighted by molar-refractivity contribution is -0.0589. The first-order valence-electron chi connectivity index (χ1n) is 15.4. The summed E-state index contributed by atoms with van der Waals surface area (Å²) >= 11 is 5.82. The van der Waals surface area contributed by atoms with E-state index in [0.29, 0.717) is 77.8 Å². The van der Waals surface area contributed by atoms with Crippen LogP contribution >= 0.6 is 11.6 Å². The predicted octanol–water partition coefficient (Wildman–Crippen LogP) is 7.16. The lowest BCUT2D eigenvalue weighted by Gasteiger charge is -2.27. The fraction of sp³-hybridized carbons (Fsp3) is 0.286. The number of aromatic nitrogens is 3. The molecule has 1 fully saturated rings. The minimum atomic E-state index is -1.11. The molecule has 1 N–H and O–H groups in total. The number of carbonyl (C=O) groups is 1. The van der Waals surface area contributed by atoms with Crippen molar-refractivity contribution in [2.45, 2.75) is 45.4 Å². The van der Waals surface area contributed by atoms with Gasteiger partial charge in [-0.1, -0.05) is 17.7 Å². The van der Waals surface area contributed by atoms with Crippen LogP contribution < -0.4 is 14.2 Å². The summed E-state index contributed by atoms with van der Waals surface area (Å²) in [6, 6.07) is 10.9. The zero-order valence-electron chi connectivity index (χ0n) is 25.7. The molecule has 0 unspecified atom stereocenters. The van der Waals surface area contributed by atoms with Gasteiger partial charge in [-0.05, 0) is 55.8 Å². The van der Waals surface area contributed by atoms with Crippen LogP contribution in [0.2, 0.25) is 5.02 Å². The highest BCUT2D eigenvalue weighted by atomic mass is 35.5.